The molecule has 0 saturated heterocycles. The molecule has 0 fully saturated rings. The molecule has 3 nitrogen and oxygen atoms in total. The summed E-state index contributed by atoms with van der Waals surface area (Å²) < 4.78 is 1.70. The van der Waals surface area contributed by atoms with Gasteiger partial charge < -0.3 is 5.11 Å². The Hall–Kier alpha value is -1.61. The fourth-order valence-electron chi connectivity index (χ4n) is 1.87. The lowest BCUT2D eigenvalue weighted by Gasteiger charge is -2.14. The molecule has 0 saturated carbocycles. The van der Waals surface area contributed by atoms with Crippen LogP contribution in [0.2, 0.25) is 0 Å². The zero-order valence-corrected chi connectivity index (χ0v) is 9.81. The van der Waals surface area contributed by atoms with Crippen LogP contribution in [0.3, 0.4) is 0 Å². The van der Waals surface area contributed by atoms with Crippen molar-refractivity contribution in [3.05, 3.63) is 52.8 Å². The summed E-state index contributed by atoms with van der Waals surface area (Å²) in [6, 6.07) is 7.94. The highest BCUT2D eigenvalue weighted by atomic mass is 16.3. The Bertz CT molecular complexity index is 502. The summed E-state index contributed by atoms with van der Waals surface area (Å²) in [6.07, 6.45) is 1.09. The summed E-state index contributed by atoms with van der Waals surface area (Å²) in [7, 11) is 1.84. The number of hydrogen-bond donors (Lipinski definition) is 1. The van der Waals surface area contributed by atoms with Gasteiger partial charge in [-0.25, -0.2) is 0 Å². The Balaban J connectivity index is 2.45. The zero-order valence-electron chi connectivity index (χ0n) is 9.81. The average Bonchev–Trinajstić information content (AvgIpc) is 2.67. The summed E-state index contributed by atoms with van der Waals surface area (Å²) in [5.74, 6) is 0. The van der Waals surface area contributed by atoms with Gasteiger partial charge >= 0.3 is 0 Å². The summed E-state index contributed by atoms with van der Waals surface area (Å²) in [4.78, 5) is 0. The minimum Gasteiger partial charge on any atom is -0.382 e. The number of benzene rings is 1. The van der Waals surface area contributed by atoms with Crippen molar-refractivity contribution in [1.82, 2.24) is 9.78 Å². The van der Waals surface area contributed by atoms with Gasteiger partial charge in [0, 0.05) is 13.2 Å². The Labute approximate surface area is 95.3 Å². The molecule has 0 amide bonds. The molecule has 84 valence electrons. The lowest BCUT2D eigenvalue weighted by Crippen LogP contribution is -2.08. The second-order valence-electron chi connectivity index (χ2n) is 4.14. The first-order valence-corrected chi connectivity index (χ1v) is 5.32. The molecule has 2 aromatic rings. The van der Waals surface area contributed by atoms with Crippen LogP contribution in [0.25, 0.3) is 0 Å². The summed E-state index contributed by atoms with van der Waals surface area (Å²) in [5.41, 5.74) is 4.01. The molecule has 1 atom stereocenters. The van der Waals surface area contributed by atoms with Crippen molar-refractivity contribution < 1.29 is 5.11 Å². The minimum atomic E-state index is -0.604. The van der Waals surface area contributed by atoms with E-state index in [0.717, 1.165) is 22.4 Å². The number of aliphatic hydroxyl groups is 1. The van der Waals surface area contributed by atoms with Gasteiger partial charge in [0.05, 0.1) is 5.69 Å². The summed E-state index contributed by atoms with van der Waals surface area (Å²) in [5, 5.41) is 14.4. The van der Waals surface area contributed by atoms with Crippen molar-refractivity contribution in [2.24, 2.45) is 7.05 Å². The molecule has 1 heterocycles. The molecule has 0 spiro atoms. The first kappa shape index (κ1) is 10.9. The van der Waals surface area contributed by atoms with Gasteiger partial charge in [-0.2, -0.15) is 5.10 Å². The molecule has 3 heteroatoms. The van der Waals surface area contributed by atoms with Crippen LogP contribution < -0.4 is 0 Å². The van der Waals surface area contributed by atoms with E-state index in [4.69, 9.17) is 0 Å². The molecule has 0 aliphatic heterocycles. The number of aliphatic hydroxyl groups excluding tert-OH is 1. The molecule has 2 rings (SSSR count). The number of hydrogen-bond acceptors (Lipinski definition) is 2. The van der Waals surface area contributed by atoms with Gasteiger partial charge in [0.25, 0.3) is 0 Å². The smallest absolute Gasteiger partial charge is 0.121 e. The van der Waals surface area contributed by atoms with Crippen LogP contribution in [0.1, 0.15) is 28.5 Å². The molecular weight excluding hydrogens is 200 g/mol. The molecular formula is C13H16N2O. The van der Waals surface area contributed by atoms with Crippen molar-refractivity contribution in [1.29, 1.82) is 0 Å². The highest BCUT2D eigenvalue weighted by Gasteiger charge is 2.15. The normalized spacial score (nSPS) is 12.8. The van der Waals surface area contributed by atoms with Gasteiger partial charge in [-0.05, 0) is 31.0 Å². The second kappa shape index (κ2) is 4.10. The van der Waals surface area contributed by atoms with Crippen LogP contribution >= 0.6 is 0 Å². The van der Waals surface area contributed by atoms with E-state index in [1.54, 1.807) is 10.9 Å². The van der Waals surface area contributed by atoms with E-state index < -0.39 is 6.10 Å². The molecule has 1 aromatic carbocycles. The van der Waals surface area contributed by atoms with Gasteiger partial charge in [-0.3, -0.25) is 4.68 Å². The van der Waals surface area contributed by atoms with Crippen molar-refractivity contribution in [2.45, 2.75) is 20.0 Å². The van der Waals surface area contributed by atoms with E-state index in [1.165, 1.54) is 0 Å². The van der Waals surface area contributed by atoms with Gasteiger partial charge in [0.15, 0.2) is 0 Å². The molecule has 1 unspecified atom stereocenters. The molecule has 0 aliphatic carbocycles. The predicted octanol–water partition coefficient (Wildman–Crippen LogP) is 2.12. The molecule has 0 bridgehead atoms. The fourth-order valence-corrected chi connectivity index (χ4v) is 1.87. The van der Waals surface area contributed by atoms with Crippen molar-refractivity contribution in [2.75, 3.05) is 0 Å². The Kier molecular flexibility index (Phi) is 2.79. The van der Waals surface area contributed by atoms with E-state index in [9.17, 15) is 5.11 Å². The van der Waals surface area contributed by atoms with Gasteiger partial charge in [0.2, 0.25) is 0 Å². The standard InChI is InChI=1S/C13H16N2O/c1-9-4-5-10(2)11(8-9)13(16)12-6-7-14-15(12)3/h4-8,13,16H,1-3H3. The maximum absolute atomic E-state index is 10.3. The Morgan fingerprint density at radius 2 is 2.00 bits per heavy atom. The highest BCUT2D eigenvalue weighted by molar-refractivity contribution is 5.35. The van der Waals surface area contributed by atoms with E-state index in [-0.39, 0.29) is 0 Å². The van der Waals surface area contributed by atoms with E-state index in [0.29, 0.717) is 0 Å². The van der Waals surface area contributed by atoms with E-state index >= 15 is 0 Å². The van der Waals surface area contributed by atoms with Gasteiger partial charge in [-0.15, -0.1) is 0 Å². The van der Waals surface area contributed by atoms with Crippen molar-refractivity contribution in [3.63, 3.8) is 0 Å². The van der Waals surface area contributed by atoms with Crippen LogP contribution in [-0.4, -0.2) is 14.9 Å². The molecule has 1 N–H and O–H groups in total. The lowest BCUT2D eigenvalue weighted by atomic mass is 9.99. The average molecular weight is 216 g/mol. The molecule has 0 aliphatic rings. The van der Waals surface area contributed by atoms with E-state index in [1.807, 2.05) is 39.1 Å². The van der Waals surface area contributed by atoms with Crippen LogP contribution in [0.5, 0.6) is 0 Å². The number of rotatable bonds is 2. The molecule has 1 aromatic heterocycles. The largest absolute Gasteiger partial charge is 0.382 e. The topological polar surface area (TPSA) is 38.1 Å². The Morgan fingerprint density at radius 1 is 1.25 bits per heavy atom. The second-order valence-corrected chi connectivity index (χ2v) is 4.14. The quantitative estimate of drug-likeness (QED) is 0.835. The molecule has 0 radical (unpaired) electrons. The third-order valence-corrected chi connectivity index (χ3v) is 2.87. The lowest BCUT2D eigenvalue weighted by molar-refractivity contribution is 0.209. The first-order chi connectivity index (χ1) is 7.59. The van der Waals surface area contributed by atoms with Crippen LogP contribution in [0, 0.1) is 13.8 Å². The SMILES string of the molecule is Cc1ccc(C)c(C(O)c2ccnn2C)c1. The van der Waals surface area contributed by atoms with Crippen molar-refractivity contribution >= 4 is 0 Å². The van der Waals surface area contributed by atoms with Gasteiger partial charge in [-0.1, -0.05) is 23.8 Å². The zero-order chi connectivity index (χ0) is 11.7. The third kappa shape index (κ3) is 1.86. The number of nitrogens with zero attached hydrogens (tertiary/aromatic N) is 2. The fraction of sp³-hybridized carbons (Fsp3) is 0.308. The summed E-state index contributed by atoms with van der Waals surface area (Å²) >= 11 is 0. The van der Waals surface area contributed by atoms with Crippen LogP contribution in [0.4, 0.5) is 0 Å². The molecule has 16 heavy (non-hydrogen) atoms. The number of aryl methyl sites for hydroxylation is 3. The number of aromatic nitrogens is 2. The Morgan fingerprint density at radius 3 is 2.62 bits per heavy atom. The van der Waals surface area contributed by atoms with E-state index in [2.05, 4.69) is 11.2 Å². The van der Waals surface area contributed by atoms with Crippen LogP contribution in [0.15, 0.2) is 30.5 Å². The highest BCUT2D eigenvalue weighted by Crippen LogP contribution is 2.24. The first-order valence-electron chi connectivity index (χ1n) is 5.32. The summed E-state index contributed by atoms with van der Waals surface area (Å²) in [6.45, 7) is 4.03. The minimum absolute atomic E-state index is 0.604. The maximum Gasteiger partial charge on any atom is 0.121 e. The third-order valence-electron chi connectivity index (χ3n) is 2.87. The monoisotopic (exact) mass is 216 g/mol. The van der Waals surface area contributed by atoms with Crippen LogP contribution in [-0.2, 0) is 7.05 Å². The maximum atomic E-state index is 10.3. The van der Waals surface area contributed by atoms with Crippen molar-refractivity contribution in [3.8, 4) is 0 Å². The van der Waals surface area contributed by atoms with Gasteiger partial charge in [0.1, 0.15) is 6.10 Å². The predicted molar refractivity (Wildman–Crippen MR) is 63.2 cm³/mol.